The van der Waals surface area contributed by atoms with E-state index in [9.17, 15) is 0 Å². The van der Waals surface area contributed by atoms with Gasteiger partial charge in [-0.25, -0.2) is 0 Å². The number of hydrogen-bond acceptors (Lipinski definition) is 3. The number of halogens is 1. The van der Waals surface area contributed by atoms with Gasteiger partial charge in [-0.3, -0.25) is 0 Å². The van der Waals surface area contributed by atoms with Crippen molar-refractivity contribution in [2.75, 3.05) is 13.2 Å². The largest absolute Gasteiger partial charge is 0.346 e. The van der Waals surface area contributed by atoms with E-state index in [1.807, 2.05) is 0 Å². The lowest BCUT2D eigenvalue weighted by molar-refractivity contribution is -0.191. The molecule has 0 radical (unpaired) electrons. The fraction of sp³-hybridized carbons (Fsp3) is 1.00. The minimum Gasteiger partial charge on any atom is -0.346 e. The summed E-state index contributed by atoms with van der Waals surface area (Å²) in [6.45, 7) is 1.54. The van der Waals surface area contributed by atoms with Crippen molar-refractivity contribution < 1.29 is 9.47 Å². The van der Waals surface area contributed by atoms with Gasteiger partial charge >= 0.3 is 0 Å². The summed E-state index contributed by atoms with van der Waals surface area (Å²) in [6, 6.07) is 0. The van der Waals surface area contributed by atoms with Crippen molar-refractivity contribution in [2.24, 2.45) is 41.2 Å². The van der Waals surface area contributed by atoms with E-state index in [4.69, 9.17) is 15.2 Å². The van der Waals surface area contributed by atoms with Crippen LogP contribution in [0.5, 0.6) is 0 Å². The highest BCUT2D eigenvalue weighted by atomic mass is 79.9. The minimum absolute atomic E-state index is 0.0932. The molecule has 6 saturated carbocycles. The minimum atomic E-state index is -0.270. The van der Waals surface area contributed by atoms with E-state index in [2.05, 4.69) is 15.9 Å². The Hall–Kier alpha value is 0.360. The maximum absolute atomic E-state index is 6.54. The van der Waals surface area contributed by atoms with E-state index >= 15 is 0 Å². The van der Waals surface area contributed by atoms with Crippen LogP contribution in [0.4, 0.5) is 0 Å². The highest BCUT2D eigenvalue weighted by Gasteiger charge is 3.08. The fourth-order valence-corrected chi connectivity index (χ4v) is 8.24. The van der Waals surface area contributed by atoms with Crippen LogP contribution < -0.4 is 5.73 Å². The highest BCUT2D eigenvalue weighted by molar-refractivity contribution is 9.10. The number of hydrogen-bond donors (Lipinski definition) is 1. The number of ether oxygens (including phenoxy) is 2. The topological polar surface area (TPSA) is 44.5 Å². The monoisotopic (exact) mass is 269 g/mol. The SMILES string of the molecule is N[C@@]12[C@@H]3[C@H]4[C@H]5[C@@H]1[C@H]2[C@@](Br)([C@H]43)C51OCCO1. The van der Waals surface area contributed by atoms with E-state index in [0.29, 0.717) is 17.8 Å². The van der Waals surface area contributed by atoms with Gasteiger partial charge in [-0.05, 0) is 23.7 Å². The standard InChI is InChI=1S/C11H12BrNO2/c12-10-5-3-4(5)9(13)7(8(9)10)6(3)11(10)14-1-2-15-11/h3-8H,1-2,13H2/t3-,4-,5-,6+,7-,8-,9+,10+/m1/s1. The molecule has 2 bridgehead atoms. The Morgan fingerprint density at radius 3 is 2.20 bits per heavy atom. The maximum atomic E-state index is 6.54. The number of nitrogens with two attached hydrogens (primary N) is 1. The summed E-state index contributed by atoms with van der Waals surface area (Å²) >= 11 is 4.01. The van der Waals surface area contributed by atoms with Crippen molar-refractivity contribution >= 4 is 15.9 Å². The first-order chi connectivity index (χ1) is 7.19. The number of rotatable bonds is 0. The summed E-state index contributed by atoms with van der Waals surface area (Å²) in [5, 5.41) is 0. The summed E-state index contributed by atoms with van der Waals surface area (Å²) in [4.78, 5) is 0. The molecular weight excluding hydrogens is 258 g/mol. The molecule has 1 heterocycles. The zero-order valence-corrected chi connectivity index (χ0v) is 9.74. The molecule has 1 saturated heterocycles. The van der Waals surface area contributed by atoms with Crippen LogP contribution in [-0.4, -0.2) is 28.9 Å². The first-order valence-corrected chi connectivity index (χ1v) is 6.74. The molecule has 0 aromatic heterocycles. The van der Waals surface area contributed by atoms with Gasteiger partial charge in [0.1, 0.15) is 0 Å². The van der Waals surface area contributed by atoms with Gasteiger partial charge in [-0.15, -0.1) is 0 Å². The van der Waals surface area contributed by atoms with Crippen molar-refractivity contribution in [3.8, 4) is 0 Å². The molecule has 80 valence electrons. The van der Waals surface area contributed by atoms with E-state index in [1.165, 1.54) is 0 Å². The van der Waals surface area contributed by atoms with Crippen molar-refractivity contribution in [1.29, 1.82) is 0 Å². The summed E-state index contributed by atoms with van der Waals surface area (Å²) in [7, 11) is 0. The molecule has 2 N–H and O–H groups in total. The molecule has 0 aromatic carbocycles. The number of alkyl halides is 1. The molecule has 0 unspecified atom stereocenters. The van der Waals surface area contributed by atoms with Crippen LogP contribution in [0, 0.1) is 35.5 Å². The lowest BCUT2D eigenvalue weighted by atomic mass is 9.97. The van der Waals surface area contributed by atoms with E-state index in [-0.39, 0.29) is 15.7 Å². The first kappa shape index (κ1) is 7.64. The molecule has 1 spiro atoms. The van der Waals surface area contributed by atoms with Gasteiger partial charge in [0.25, 0.3) is 0 Å². The van der Waals surface area contributed by atoms with Crippen molar-refractivity contribution in [1.82, 2.24) is 0 Å². The molecule has 0 amide bonds. The van der Waals surface area contributed by atoms with Gasteiger partial charge in [-0.1, -0.05) is 15.9 Å². The normalized spacial score (nSPS) is 82.0. The average molecular weight is 270 g/mol. The smallest absolute Gasteiger partial charge is 0.187 e. The van der Waals surface area contributed by atoms with Gasteiger partial charge in [-0.2, -0.15) is 0 Å². The second kappa shape index (κ2) is 1.57. The van der Waals surface area contributed by atoms with Gasteiger partial charge < -0.3 is 15.2 Å². The van der Waals surface area contributed by atoms with Crippen molar-refractivity contribution in [2.45, 2.75) is 15.7 Å². The van der Waals surface area contributed by atoms with Crippen LogP contribution in [0.3, 0.4) is 0 Å². The molecule has 4 heteroatoms. The maximum Gasteiger partial charge on any atom is 0.187 e. The zero-order chi connectivity index (χ0) is 9.79. The predicted molar refractivity (Wildman–Crippen MR) is 54.2 cm³/mol. The predicted octanol–water partition coefficient (Wildman–Crippen LogP) is 0.326. The molecular formula is C11H12BrNO2. The van der Waals surface area contributed by atoms with Crippen LogP contribution in [-0.2, 0) is 9.47 Å². The molecule has 8 atom stereocenters. The van der Waals surface area contributed by atoms with E-state index in [1.54, 1.807) is 0 Å². The van der Waals surface area contributed by atoms with Crippen LogP contribution in [0.1, 0.15) is 0 Å². The molecule has 7 fully saturated rings. The lowest BCUT2D eigenvalue weighted by Crippen LogP contribution is -2.51. The zero-order valence-electron chi connectivity index (χ0n) is 8.15. The Morgan fingerprint density at radius 2 is 1.80 bits per heavy atom. The third-order valence-corrected chi connectivity index (χ3v) is 8.02. The molecule has 7 rings (SSSR count). The quantitative estimate of drug-likeness (QED) is 0.645. The molecule has 3 nitrogen and oxygen atoms in total. The van der Waals surface area contributed by atoms with Gasteiger partial charge in [0, 0.05) is 17.4 Å². The summed E-state index contributed by atoms with van der Waals surface area (Å²) in [6.07, 6.45) is 0. The van der Waals surface area contributed by atoms with Gasteiger partial charge in [0.2, 0.25) is 0 Å². The van der Waals surface area contributed by atoms with E-state index < -0.39 is 0 Å². The summed E-state index contributed by atoms with van der Waals surface area (Å²) < 4.78 is 12.1. The van der Waals surface area contributed by atoms with Crippen LogP contribution in [0.2, 0.25) is 0 Å². The second-order valence-corrected chi connectivity index (χ2v) is 7.60. The van der Waals surface area contributed by atoms with Gasteiger partial charge in [0.05, 0.1) is 17.5 Å². The molecule has 7 aliphatic rings. The van der Waals surface area contributed by atoms with E-state index in [0.717, 1.165) is 31.0 Å². The Morgan fingerprint density at radius 1 is 1.07 bits per heavy atom. The summed E-state index contributed by atoms with van der Waals surface area (Å²) in [5.74, 6) is 4.08. The van der Waals surface area contributed by atoms with Crippen LogP contribution >= 0.6 is 15.9 Å². The Kier molecular flexibility index (Phi) is 0.802. The molecule has 0 aromatic rings. The summed E-state index contributed by atoms with van der Waals surface area (Å²) in [5.41, 5.74) is 6.72. The van der Waals surface area contributed by atoms with Crippen molar-refractivity contribution in [3.63, 3.8) is 0 Å². The molecule has 1 aliphatic heterocycles. The van der Waals surface area contributed by atoms with Crippen LogP contribution in [0.25, 0.3) is 0 Å². The third-order valence-electron chi connectivity index (χ3n) is 6.45. The average Bonchev–Trinajstić information content (AvgIpc) is 2.86. The highest BCUT2D eigenvalue weighted by Crippen LogP contribution is 3.00. The van der Waals surface area contributed by atoms with Crippen LogP contribution in [0.15, 0.2) is 0 Å². The van der Waals surface area contributed by atoms with Gasteiger partial charge in [0.15, 0.2) is 5.79 Å². The first-order valence-electron chi connectivity index (χ1n) is 5.95. The van der Waals surface area contributed by atoms with Crippen molar-refractivity contribution in [3.05, 3.63) is 0 Å². The fourth-order valence-electron chi connectivity index (χ4n) is 6.48. The Bertz CT molecular complexity index is 436. The molecule has 6 aliphatic carbocycles. The molecule has 15 heavy (non-hydrogen) atoms. The third kappa shape index (κ3) is 0.397. The Balaban J connectivity index is 1.68. The second-order valence-electron chi connectivity index (χ2n) is 6.29. The lowest BCUT2D eigenvalue weighted by Gasteiger charge is -2.37. The Labute approximate surface area is 95.8 Å².